The highest BCUT2D eigenvalue weighted by Gasteiger charge is 2.33. The lowest BCUT2D eigenvalue weighted by atomic mass is 10.1. The molecule has 0 spiro atoms. The topological polar surface area (TPSA) is 49.4 Å². The molecular formula is C22H23BrClF3N2O2. The number of hydrogen-bond acceptors (Lipinski definition) is 2. The van der Waals surface area contributed by atoms with Gasteiger partial charge in [-0.3, -0.25) is 9.59 Å². The second-order valence-corrected chi connectivity index (χ2v) is 8.62. The third kappa shape index (κ3) is 7.54. The van der Waals surface area contributed by atoms with Crippen LogP contribution in [-0.2, 0) is 17.5 Å². The molecule has 2 amide bonds. The first kappa shape index (κ1) is 25.2. The van der Waals surface area contributed by atoms with Crippen LogP contribution in [-0.4, -0.2) is 24.2 Å². The zero-order valence-electron chi connectivity index (χ0n) is 17.1. The molecule has 0 heterocycles. The van der Waals surface area contributed by atoms with Crippen molar-refractivity contribution in [3.63, 3.8) is 0 Å². The van der Waals surface area contributed by atoms with Gasteiger partial charge in [-0.15, -0.1) is 11.6 Å². The molecule has 0 aliphatic heterocycles. The summed E-state index contributed by atoms with van der Waals surface area (Å²) < 4.78 is 41.3. The fourth-order valence-electron chi connectivity index (χ4n) is 2.85. The van der Waals surface area contributed by atoms with E-state index in [4.69, 9.17) is 11.6 Å². The van der Waals surface area contributed by atoms with Crippen molar-refractivity contribution in [2.45, 2.75) is 33.0 Å². The molecular weight excluding hydrogens is 497 g/mol. The highest BCUT2D eigenvalue weighted by atomic mass is 79.9. The molecule has 2 rings (SSSR count). The zero-order chi connectivity index (χ0) is 23.2. The maximum atomic E-state index is 13.5. The van der Waals surface area contributed by atoms with Crippen LogP contribution in [0.2, 0.25) is 0 Å². The number of anilines is 1. The van der Waals surface area contributed by atoms with Crippen molar-refractivity contribution < 1.29 is 22.8 Å². The minimum absolute atomic E-state index is 0.00581. The highest BCUT2D eigenvalue weighted by Crippen LogP contribution is 2.33. The molecule has 0 atom stereocenters. The Bertz CT molecular complexity index is 935. The lowest BCUT2D eigenvalue weighted by molar-refractivity contribution is -0.137. The summed E-state index contributed by atoms with van der Waals surface area (Å²) in [5.74, 6) is -1.35. The Kier molecular flexibility index (Phi) is 8.94. The van der Waals surface area contributed by atoms with Crippen molar-refractivity contribution in [2.24, 2.45) is 5.92 Å². The maximum absolute atomic E-state index is 13.5. The molecule has 0 fully saturated rings. The van der Waals surface area contributed by atoms with Crippen molar-refractivity contribution in [3.8, 4) is 0 Å². The fraction of sp³-hybridized carbons (Fsp3) is 0.364. The number of halogens is 5. The summed E-state index contributed by atoms with van der Waals surface area (Å²) in [5, 5.41) is 2.62. The van der Waals surface area contributed by atoms with Crippen LogP contribution in [0.3, 0.4) is 0 Å². The van der Waals surface area contributed by atoms with Crippen molar-refractivity contribution in [1.82, 2.24) is 5.32 Å². The summed E-state index contributed by atoms with van der Waals surface area (Å²) in [7, 11) is 0. The molecule has 0 radical (unpaired) electrons. The lowest BCUT2D eigenvalue weighted by Gasteiger charge is -2.24. The first-order valence-electron chi connectivity index (χ1n) is 9.62. The monoisotopic (exact) mass is 518 g/mol. The van der Waals surface area contributed by atoms with Gasteiger partial charge in [-0.1, -0.05) is 41.9 Å². The van der Waals surface area contributed by atoms with E-state index >= 15 is 0 Å². The second kappa shape index (κ2) is 11.0. The van der Waals surface area contributed by atoms with Gasteiger partial charge in [0.05, 0.1) is 5.56 Å². The van der Waals surface area contributed by atoms with Gasteiger partial charge in [0.15, 0.2) is 0 Å². The SMILES string of the molecule is CC(C)CCN(C(=O)CCl)c1cc(C(=O)NCc2cccc(Br)c2)cc(C(F)(F)F)c1. The molecule has 0 aliphatic rings. The van der Waals surface area contributed by atoms with Crippen LogP contribution < -0.4 is 10.2 Å². The molecule has 2 aromatic rings. The number of amides is 2. The van der Waals surface area contributed by atoms with Crippen LogP contribution in [0.15, 0.2) is 46.9 Å². The molecule has 4 nitrogen and oxygen atoms in total. The Morgan fingerprint density at radius 1 is 1.16 bits per heavy atom. The highest BCUT2D eigenvalue weighted by molar-refractivity contribution is 9.10. The molecule has 1 N–H and O–H groups in total. The number of nitrogens with one attached hydrogen (secondary N) is 1. The van der Waals surface area contributed by atoms with Crippen LogP contribution in [0, 0.1) is 5.92 Å². The average molecular weight is 520 g/mol. The predicted octanol–water partition coefficient (Wildman–Crippen LogP) is 6.02. The third-order valence-corrected chi connectivity index (χ3v) is 5.23. The van der Waals surface area contributed by atoms with E-state index in [9.17, 15) is 22.8 Å². The normalized spacial score (nSPS) is 11.5. The lowest BCUT2D eigenvalue weighted by Crippen LogP contribution is -2.34. The Balaban J connectivity index is 2.37. The number of benzene rings is 2. The number of carbonyl (C=O) groups excluding carboxylic acids is 2. The number of carbonyl (C=O) groups is 2. The maximum Gasteiger partial charge on any atom is 0.416 e. The van der Waals surface area contributed by atoms with Gasteiger partial charge in [-0.25, -0.2) is 0 Å². The van der Waals surface area contributed by atoms with E-state index in [2.05, 4.69) is 21.2 Å². The number of alkyl halides is 4. The Morgan fingerprint density at radius 2 is 1.87 bits per heavy atom. The summed E-state index contributed by atoms with van der Waals surface area (Å²) >= 11 is 9.01. The van der Waals surface area contributed by atoms with Crippen molar-refractivity contribution in [3.05, 3.63) is 63.6 Å². The molecule has 168 valence electrons. The van der Waals surface area contributed by atoms with Crippen molar-refractivity contribution in [1.29, 1.82) is 0 Å². The molecule has 0 saturated carbocycles. The minimum atomic E-state index is -4.68. The average Bonchev–Trinajstić information content (AvgIpc) is 2.70. The van der Waals surface area contributed by atoms with Gasteiger partial charge in [0, 0.05) is 28.8 Å². The Hall–Kier alpha value is -2.06. The predicted molar refractivity (Wildman–Crippen MR) is 119 cm³/mol. The second-order valence-electron chi connectivity index (χ2n) is 7.44. The van der Waals surface area contributed by atoms with Gasteiger partial charge in [0.25, 0.3) is 5.91 Å². The van der Waals surface area contributed by atoms with Gasteiger partial charge in [0.1, 0.15) is 5.88 Å². The van der Waals surface area contributed by atoms with Crippen molar-refractivity contribution in [2.75, 3.05) is 17.3 Å². The van der Waals surface area contributed by atoms with Gasteiger partial charge in [-0.2, -0.15) is 13.2 Å². The molecule has 9 heteroatoms. The van der Waals surface area contributed by atoms with Gasteiger partial charge >= 0.3 is 6.18 Å². The van der Waals surface area contributed by atoms with Crippen LogP contribution in [0.4, 0.5) is 18.9 Å². The van der Waals surface area contributed by atoms with E-state index in [-0.39, 0.29) is 36.1 Å². The Labute approximate surface area is 192 Å². The first-order chi connectivity index (χ1) is 14.5. The van der Waals surface area contributed by atoms with E-state index < -0.39 is 23.6 Å². The largest absolute Gasteiger partial charge is 0.416 e. The summed E-state index contributed by atoms with van der Waals surface area (Å²) in [6.07, 6.45) is -4.10. The summed E-state index contributed by atoms with van der Waals surface area (Å²) in [6, 6.07) is 10.1. The molecule has 0 saturated heterocycles. The van der Waals surface area contributed by atoms with Crippen LogP contribution in [0.1, 0.15) is 41.8 Å². The van der Waals surface area contributed by atoms with E-state index in [0.717, 1.165) is 22.2 Å². The van der Waals surface area contributed by atoms with E-state index in [0.29, 0.717) is 6.42 Å². The van der Waals surface area contributed by atoms with Gasteiger partial charge < -0.3 is 10.2 Å². The van der Waals surface area contributed by atoms with E-state index in [1.807, 2.05) is 19.9 Å². The van der Waals surface area contributed by atoms with Gasteiger partial charge in [0.2, 0.25) is 5.91 Å². The Morgan fingerprint density at radius 3 is 2.45 bits per heavy atom. The van der Waals surface area contributed by atoms with Gasteiger partial charge in [-0.05, 0) is 48.2 Å². The third-order valence-electron chi connectivity index (χ3n) is 4.51. The van der Waals surface area contributed by atoms with Crippen LogP contribution in [0.25, 0.3) is 0 Å². The standard InChI is InChI=1S/C22H23BrClF3N2O2/c1-14(2)6-7-29(20(30)12-24)19-10-16(9-17(11-19)22(25,26)27)21(31)28-13-15-4-3-5-18(23)8-15/h3-5,8-11,14H,6-7,12-13H2,1-2H3,(H,28,31). The minimum Gasteiger partial charge on any atom is -0.348 e. The number of nitrogens with zero attached hydrogens (tertiary/aromatic N) is 1. The fourth-order valence-corrected chi connectivity index (χ4v) is 3.44. The summed E-state index contributed by atoms with van der Waals surface area (Å²) in [6.45, 7) is 4.22. The number of hydrogen-bond donors (Lipinski definition) is 1. The first-order valence-corrected chi connectivity index (χ1v) is 10.9. The zero-order valence-corrected chi connectivity index (χ0v) is 19.4. The molecule has 0 unspecified atom stereocenters. The molecule has 0 aliphatic carbocycles. The van der Waals surface area contributed by atoms with Crippen LogP contribution >= 0.6 is 27.5 Å². The molecule has 0 bridgehead atoms. The quantitative estimate of drug-likeness (QED) is 0.434. The summed E-state index contributed by atoms with van der Waals surface area (Å²) in [4.78, 5) is 26.2. The molecule has 0 aromatic heterocycles. The number of rotatable bonds is 8. The smallest absolute Gasteiger partial charge is 0.348 e. The molecule has 31 heavy (non-hydrogen) atoms. The van der Waals surface area contributed by atoms with E-state index in [1.54, 1.807) is 18.2 Å². The van der Waals surface area contributed by atoms with E-state index in [1.165, 1.54) is 11.0 Å². The van der Waals surface area contributed by atoms with Crippen LogP contribution in [0.5, 0.6) is 0 Å². The molecule has 2 aromatic carbocycles. The summed E-state index contributed by atoms with van der Waals surface area (Å²) in [5.41, 5.74) is -0.411. The van der Waals surface area contributed by atoms with Crippen molar-refractivity contribution >= 4 is 45.0 Å².